The molecule has 5 nitrogen and oxygen atoms in total. The van der Waals surface area contributed by atoms with Crippen molar-refractivity contribution in [3.63, 3.8) is 0 Å². The quantitative estimate of drug-likeness (QED) is 0.776. The number of anilines is 1. The van der Waals surface area contributed by atoms with Crippen molar-refractivity contribution in [2.24, 2.45) is 0 Å². The molecule has 0 aliphatic heterocycles. The van der Waals surface area contributed by atoms with Gasteiger partial charge in [-0.1, -0.05) is 30.3 Å². The highest BCUT2D eigenvalue weighted by atomic mass is 16.4. The third kappa shape index (κ3) is 4.78. The first-order valence-electron chi connectivity index (χ1n) is 8.48. The van der Waals surface area contributed by atoms with Gasteiger partial charge in [0.2, 0.25) is 0 Å². The van der Waals surface area contributed by atoms with Gasteiger partial charge in [-0.25, -0.2) is 9.97 Å². The Kier molecular flexibility index (Phi) is 5.08. The average Bonchev–Trinajstić information content (AvgIpc) is 3.38. The molecule has 1 aliphatic rings. The van der Waals surface area contributed by atoms with E-state index in [9.17, 15) is 4.79 Å². The van der Waals surface area contributed by atoms with Crippen LogP contribution in [0.3, 0.4) is 0 Å². The first-order chi connectivity index (χ1) is 11.6. The van der Waals surface area contributed by atoms with Crippen LogP contribution in [0.4, 0.5) is 5.82 Å². The van der Waals surface area contributed by atoms with Gasteiger partial charge in [0.1, 0.15) is 11.6 Å². The zero-order valence-electron chi connectivity index (χ0n) is 13.9. The monoisotopic (exact) mass is 325 g/mol. The van der Waals surface area contributed by atoms with E-state index in [-0.39, 0.29) is 12.5 Å². The number of carbonyl (C=O) groups is 1. The van der Waals surface area contributed by atoms with Gasteiger partial charge < -0.3 is 10.4 Å². The van der Waals surface area contributed by atoms with E-state index in [1.807, 2.05) is 31.2 Å². The number of aliphatic carboxylic acids is 1. The summed E-state index contributed by atoms with van der Waals surface area (Å²) in [7, 11) is 0. The number of hydrogen-bond acceptors (Lipinski definition) is 4. The molecule has 1 unspecified atom stereocenters. The van der Waals surface area contributed by atoms with Crippen LogP contribution in [0.2, 0.25) is 0 Å². The summed E-state index contributed by atoms with van der Waals surface area (Å²) in [6, 6.07) is 12.1. The number of carboxylic acid groups (broad SMARTS) is 1. The fourth-order valence-electron chi connectivity index (χ4n) is 2.82. The molecule has 1 aromatic carbocycles. The second-order valence-electron chi connectivity index (χ2n) is 6.49. The van der Waals surface area contributed by atoms with E-state index >= 15 is 0 Å². The minimum Gasteiger partial charge on any atom is -0.481 e. The molecule has 126 valence electrons. The summed E-state index contributed by atoms with van der Waals surface area (Å²) in [6.45, 7) is 1.97. The number of aryl methyl sites for hydroxylation is 1. The van der Waals surface area contributed by atoms with Gasteiger partial charge >= 0.3 is 5.97 Å². The molecular weight excluding hydrogens is 302 g/mol. The van der Waals surface area contributed by atoms with Crippen LogP contribution in [-0.4, -0.2) is 27.1 Å². The van der Waals surface area contributed by atoms with Gasteiger partial charge in [-0.3, -0.25) is 4.79 Å². The Labute approximate surface area is 142 Å². The van der Waals surface area contributed by atoms with Crippen molar-refractivity contribution in [1.82, 2.24) is 9.97 Å². The molecule has 1 fully saturated rings. The van der Waals surface area contributed by atoms with Gasteiger partial charge in [0.15, 0.2) is 0 Å². The van der Waals surface area contributed by atoms with Crippen LogP contribution in [0.25, 0.3) is 0 Å². The lowest BCUT2D eigenvalue weighted by atomic mass is 10.0. The lowest BCUT2D eigenvalue weighted by Gasteiger charge is -2.19. The first kappa shape index (κ1) is 16.4. The zero-order valence-corrected chi connectivity index (χ0v) is 13.9. The first-order valence-corrected chi connectivity index (χ1v) is 8.48. The number of rotatable bonds is 8. The minimum atomic E-state index is -0.771. The molecule has 3 rings (SSSR count). The van der Waals surface area contributed by atoms with Crippen molar-refractivity contribution in [1.29, 1.82) is 0 Å². The molecule has 2 aromatic rings. The Morgan fingerprint density at radius 3 is 2.71 bits per heavy atom. The summed E-state index contributed by atoms with van der Waals surface area (Å²) in [5, 5.41) is 12.4. The molecule has 1 atom stereocenters. The van der Waals surface area contributed by atoms with Crippen molar-refractivity contribution >= 4 is 11.8 Å². The van der Waals surface area contributed by atoms with Crippen LogP contribution in [0.5, 0.6) is 0 Å². The Bertz CT molecular complexity index is 699. The molecule has 24 heavy (non-hydrogen) atoms. The molecule has 0 radical (unpaired) electrons. The number of carboxylic acids is 1. The van der Waals surface area contributed by atoms with E-state index in [0.717, 1.165) is 36.6 Å². The maximum Gasteiger partial charge on any atom is 0.303 e. The van der Waals surface area contributed by atoms with E-state index in [0.29, 0.717) is 12.3 Å². The van der Waals surface area contributed by atoms with Crippen LogP contribution >= 0.6 is 0 Å². The Morgan fingerprint density at radius 1 is 1.29 bits per heavy atom. The SMILES string of the molecule is Cc1cc(NC(CCC(=O)O)Cc2ccccc2)nc(C2CC2)n1. The molecule has 0 spiro atoms. The molecule has 2 N–H and O–H groups in total. The minimum absolute atomic E-state index is 0.0323. The van der Waals surface area contributed by atoms with Crippen molar-refractivity contribution in [2.45, 2.75) is 51.0 Å². The highest BCUT2D eigenvalue weighted by Gasteiger charge is 2.27. The van der Waals surface area contributed by atoms with E-state index in [1.165, 1.54) is 5.56 Å². The van der Waals surface area contributed by atoms with Crippen LogP contribution in [-0.2, 0) is 11.2 Å². The lowest BCUT2D eigenvalue weighted by Crippen LogP contribution is -2.24. The van der Waals surface area contributed by atoms with Gasteiger partial charge in [-0.2, -0.15) is 0 Å². The van der Waals surface area contributed by atoms with Crippen molar-refractivity contribution in [2.75, 3.05) is 5.32 Å². The topological polar surface area (TPSA) is 75.1 Å². The summed E-state index contributed by atoms with van der Waals surface area (Å²) < 4.78 is 0. The van der Waals surface area contributed by atoms with Gasteiger partial charge in [0.25, 0.3) is 0 Å². The zero-order chi connectivity index (χ0) is 16.9. The van der Waals surface area contributed by atoms with Crippen LogP contribution in [0.1, 0.15) is 48.7 Å². The van der Waals surface area contributed by atoms with Crippen molar-refractivity contribution in [3.05, 3.63) is 53.5 Å². The number of hydrogen-bond donors (Lipinski definition) is 2. The summed E-state index contributed by atoms with van der Waals surface area (Å²) in [6.07, 6.45) is 3.80. The highest BCUT2D eigenvalue weighted by molar-refractivity contribution is 5.66. The second kappa shape index (κ2) is 7.43. The van der Waals surface area contributed by atoms with Crippen molar-refractivity contribution in [3.8, 4) is 0 Å². The number of nitrogens with one attached hydrogen (secondary N) is 1. The van der Waals surface area contributed by atoms with E-state index in [2.05, 4.69) is 27.4 Å². The molecule has 1 aromatic heterocycles. The maximum absolute atomic E-state index is 11.0. The predicted molar refractivity (Wildman–Crippen MR) is 93.2 cm³/mol. The Balaban J connectivity index is 1.73. The summed E-state index contributed by atoms with van der Waals surface area (Å²) in [4.78, 5) is 20.1. The molecule has 0 amide bonds. The van der Waals surface area contributed by atoms with Gasteiger partial charge in [0.05, 0.1) is 0 Å². The molecule has 5 heteroatoms. The third-order valence-electron chi connectivity index (χ3n) is 4.20. The molecular formula is C19H23N3O2. The van der Waals surface area contributed by atoms with Gasteiger partial charge in [-0.05, 0) is 38.2 Å². The summed E-state index contributed by atoms with van der Waals surface area (Å²) >= 11 is 0. The fourth-order valence-corrected chi connectivity index (χ4v) is 2.82. The molecule has 1 heterocycles. The molecule has 0 saturated heterocycles. The largest absolute Gasteiger partial charge is 0.481 e. The maximum atomic E-state index is 11.0. The van der Waals surface area contributed by atoms with Gasteiger partial charge in [-0.15, -0.1) is 0 Å². The standard InChI is InChI=1S/C19H23N3O2/c1-13-11-17(22-19(20-13)15-7-8-15)21-16(9-10-18(23)24)12-14-5-3-2-4-6-14/h2-6,11,15-16H,7-10,12H2,1H3,(H,23,24)(H,20,21,22). The number of nitrogens with zero attached hydrogens (tertiary/aromatic N) is 2. The van der Waals surface area contributed by atoms with E-state index in [4.69, 9.17) is 5.11 Å². The Hall–Kier alpha value is -2.43. The number of benzene rings is 1. The van der Waals surface area contributed by atoms with E-state index < -0.39 is 5.97 Å². The lowest BCUT2D eigenvalue weighted by molar-refractivity contribution is -0.137. The highest BCUT2D eigenvalue weighted by Crippen LogP contribution is 2.38. The molecule has 0 bridgehead atoms. The summed E-state index contributed by atoms with van der Waals surface area (Å²) in [5.74, 6) is 1.44. The fraction of sp³-hybridized carbons (Fsp3) is 0.421. The van der Waals surface area contributed by atoms with Gasteiger partial charge in [0, 0.05) is 30.1 Å². The number of aromatic nitrogens is 2. The smallest absolute Gasteiger partial charge is 0.303 e. The summed E-state index contributed by atoms with van der Waals surface area (Å²) in [5.41, 5.74) is 2.14. The Morgan fingerprint density at radius 2 is 2.04 bits per heavy atom. The van der Waals surface area contributed by atoms with Crippen LogP contribution in [0.15, 0.2) is 36.4 Å². The molecule has 1 aliphatic carbocycles. The predicted octanol–water partition coefficient (Wildman–Crippen LogP) is 3.55. The molecule has 1 saturated carbocycles. The van der Waals surface area contributed by atoms with E-state index in [1.54, 1.807) is 0 Å². The third-order valence-corrected chi connectivity index (χ3v) is 4.20. The second-order valence-corrected chi connectivity index (χ2v) is 6.49. The van der Waals surface area contributed by atoms with Crippen LogP contribution in [0, 0.1) is 6.92 Å². The normalized spacial score (nSPS) is 15.0. The average molecular weight is 325 g/mol. The van der Waals surface area contributed by atoms with Crippen molar-refractivity contribution < 1.29 is 9.90 Å². The van der Waals surface area contributed by atoms with Crippen LogP contribution < -0.4 is 5.32 Å².